The monoisotopic (exact) mass is 367 g/mol. The van der Waals surface area contributed by atoms with Crippen molar-refractivity contribution in [2.45, 2.75) is 13.5 Å². The number of hydrogen-bond donors (Lipinski definition) is 1. The van der Waals surface area contributed by atoms with Gasteiger partial charge in [0.2, 0.25) is 0 Å². The fourth-order valence-corrected chi connectivity index (χ4v) is 2.53. The van der Waals surface area contributed by atoms with Crippen LogP contribution in [0.2, 0.25) is 0 Å². The minimum absolute atomic E-state index is 0.0218. The maximum absolute atomic E-state index is 13.5. The second-order valence-corrected chi connectivity index (χ2v) is 5.84. The number of esters is 1. The lowest BCUT2D eigenvalue weighted by Gasteiger charge is -2.08. The van der Waals surface area contributed by atoms with Gasteiger partial charge in [-0.2, -0.15) is 5.10 Å². The molecule has 0 atom stereocenters. The summed E-state index contributed by atoms with van der Waals surface area (Å²) in [5.74, 6) is -1.56. The summed E-state index contributed by atoms with van der Waals surface area (Å²) in [5.41, 5.74) is 2.06. The van der Waals surface area contributed by atoms with Crippen molar-refractivity contribution in [1.82, 2.24) is 15.1 Å². The van der Waals surface area contributed by atoms with E-state index in [1.165, 1.54) is 12.3 Å². The first-order chi connectivity index (χ1) is 13.1. The van der Waals surface area contributed by atoms with Gasteiger partial charge in [0, 0.05) is 12.1 Å². The number of amides is 1. The Balaban J connectivity index is 1.56. The molecule has 0 unspecified atom stereocenters. The lowest BCUT2D eigenvalue weighted by Crippen LogP contribution is -2.28. The van der Waals surface area contributed by atoms with Crippen LogP contribution in [-0.2, 0) is 16.1 Å². The van der Waals surface area contributed by atoms with E-state index >= 15 is 0 Å². The molecule has 0 radical (unpaired) electrons. The maximum Gasteiger partial charge on any atom is 0.342 e. The zero-order chi connectivity index (χ0) is 19.2. The average molecular weight is 367 g/mol. The number of halogens is 1. The molecule has 0 spiro atoms. The van der Waals surface area contributed by atoms with Crippen molar-refractivity contribution in [3.8, 4) is 5.69 Å². The topological polar surface area (TPSA) is 73.2 Å². The first-order valence-corrected chi connectivity index (χ1v) is 8.33. The van der Waals surface area contributed by atoms with Crippen molar-refractivity contribution in [2.24, 2.45) is 0 Å². The number of hydrogen-bond acceptors (Lipinski definition) is 4. The molecule has 138 valence electrons. The Morgan fingerprint density at radius 2 is 1.81 bits per heavy atom. The third-order valence-electron chi connectivity index (χ3n) is 4.00. The van der Waals surface area contributed by atoms with Gasteiger partial charge in [-0.3, -0.25) is 4.79 Å². The first kappa shape index (κ1) is 18.3. The third kappa shape index (κ3) is 4.38. The van der Waals surface area contributed by atoms with Gasteiger partial charge >= 0.3 is 5.97 Å². The zero-order valence-electron chi connectivity index (χ0n) is 14.7. The van der Waals surface area contributed by atoms with Crippen LogP contribution in [0.5, 0.6) is 0 Å². The minimum Gasteiger partial charge on any atom is -0.452 e. The molecule has 0 aliphatic heterocycles. The summed E-state index contributed by atoms with van der Waals surface area (Å²) >= 11 is 0. The lowest BCUT2D eigenvalue weighted by atomic mass is 10.2. The minimum atomic E-state index is -0.643. The van der Waals surface area contributed by atoms with E-state index in [0.717, 1.165) is 5.69 Å². The van der Waals surface area contributed by atoms with Crippen LogP contribution in [0.25, 0.3) is 5.69 Å². The standard InChI is InChI=1S/C20H18FN3O3/c1-14-17(12-23-24(14)16-8-3-2-4-9-16)20(26)27-13-19(25)22-11-15-7-5-6-10-18(15)21/h2-10,12H,11,13H2,1H3,(H,22,25). The molecule has 2 aromatic carbocycles. The van der Waals surface area contributed by atoms with E-state index in [0.29, 0.717) is 11.3 Å². The molecule has 1 N–H and O–H groups in total. The Morgan fingerprint density at radius 1 is 1.11 bits per heavy atom. The van der Waals surface area contributed by atoms with Gasteiger partial charge in [-0.15, -0.1) is 0 Å². The SMILES string of the molecule is Cc1c(C(=O)OCC(=O)NCc2ccccc2F)cnn1-c1ccccc1. The Bertz CT molecular complexity index is 954. The molecule has 1 aromatic heterocycles. The molecule has 0 saturated heterocycles. The highest BCUT2D eigenvalue weighted by atomic mass is 19.1. The van der Waals surface area contributed by atoms with Crippen molar-refractivity contribution in [2.75, 3.05) is 6.61 Å². The van der Waals surface area contributed by atoms with Gasteiger partial charge in [0.05, 0.1) is 17.6 Å². The molecule has 1 heterocycles. The van der Waals surface area contributed by atoms with E-state index in [2.05, 4.69) is 10.4 Å². The molecular weight excluding hydrogens is 349 g/mol. The molecule has 0 bridgehead atoms. The number of ether oxygens (including phenoxy) is 1. The highest BCUT2D eigenvalue weighted by molar-refractivity contribution is 5.92. The molecule has 3 rings (SSSR count). The van der Waals surface area contributed by atoms with Gasteiger partial charge in [0.25, 0.3) is 5.91 Å². The number of rotatable bonds is 6. The summed E-state index contributed by atoms with van der Waals surface area (Å²) in [7, 11) is 0. The first-order valence-electron chi connectivity index (χ1n) is 8.33. The third-order valence-corrected chi connectivity index (χ3v) is 4.00. The fraction of sp³-hybridized carbons (Fsp3) is 0.150. The van der Waals surface area contributed by atoms with E-state index < -0.39 is 24.3 Å². The average Bonchev–Trinajstić information content (AvgIpc) is 3.07. The largest absolute Gasteiger partial charge is 0.452 e. The van der Waals surface area contributed by atoms with Crippen molar-refractivity contribution < 1.29 is 18.7 Å². The Kier molecular flexibility index (Phi) is 5.61. The molecule has 27 heavy (non-hydrogen) atoms. The molecule has 1 amide bonds. The predicted molar refractivity (Wildman–Crippen MR) is 96.8 cm³/mol. The van der Waals surface area contributed by atoms with E-state index in [-0.39, 0.29) is 12.1 Å². The Hall–Kier alpha value is -3.48. The van der Waals surface area contributed by atoms with Crippen LogP contribution in [0.15, 0.2) is 60.8 Å². The predicted octanol–water partition coefficient (Wildman–Crippen LogP) is 2.79. The normalized spacial score (nSPS) is 10.4. The molecule has 3 aromatic rings. The van der Waals surface area contributed by atoms with E-state index in [1.54, 1.807) is 29.8 Å². The van der Waals surface area contributed by atoms with Gasteiger partial charge in [-0.25, -0.2) is 13.9 Å². The number of carbonyl (C=O) groups excluding carboxylic acids is 2. The van der Waals surface area contributed by atoms with Crippen LogP contribution in [0.4, 0.5) is 4.39 Å². The van der Waals surface area contributed by atoms with Gasteiger partial charge in [0.1, 0.15) is 11.4 Å². The van der Waals surface area contributed by atoms with Crippen molar-refractivity contribution in [1.29, 1.82) is 0 Å². The van der Waals surface area contributed by atoms with Crippen LogP contribution in [0.3, 0.4) is 0 Å². The van der Waals surface area contributed by atoms with Crippen LogP contribution in [0, 0.1) is 12.7 Å². The van der Waals surface area contributed by atoms with Gasteiger partial charge in [-0.1, -0.05) is 36.4 Å². The lowest BCUT2D eigenvalue weighted by molar-refractivity contribution is -0.124. The van der Waals surface area contributed by atoms with E-state index in [9.17, 15) is 14.0 Å². The van der Waals surface area contributed by atoms with Gasteiger partial charge in [-0.05, 0) is 25.1 Å². The van der Waals surface area contributed by atoms with Crippen LogP contribution in [0.1, 0.15) is 21.6 Å². The summed E-state index contributed by atoms with van der Waals surface area (Å²) in [6.45, 7) is 1.31. The van der Waals surface area contributed by atoms with E-state index in [1.807, 2.05) is 30.3 Å². The number of nitrogens with one attached hydrogen (secondary N) is 1. The molecular formula is C20H18FN3O3. The number of para-hydroxylation sites is 1. The van der Waals surface area contributed by atoms with Gasteiger partial charge < -0.3 is 10.1 Å². The van der Waals surface area contributed by atoms with Crippen LogP contribution < -0.4 is 5.32 Å². The smallest absolute Gasteiger partial charge is 0.342 e. The van der Waals surface area contributed by atoms with Gasteiger partial charge in [0.15, 0.2) is 6.61 Å². The molecule has 0 aliphatic carbocycles. The van der Waals surface area contributed by atoms with Crippen molar-refractivity contribution in [3.05, 3.63) is 83.4 Å². The summed E-state index contributed by atoms with van der Waals surface area (Å²) in [5, 5.41) is 6.71. The fourth-order valence-electron chi connectivity index (χ4n) is 2.53. The van der Waals surface area contributed by atoms with Crippen LogP contribution in [-0.4, -0.2) is 28.3 Å². The second-order valence-electron chi connectivity index (χ2n) is 5.84. The summed E-state index contributed by atoms with van der Waals surface area (Å²) in [6, 6.07) is 15.5. The number of aromatic nitrogens is 2. The second kappa shape index (κ2) is 8.27. The van der Waals surface area contributed by atoms with Crippen molar-refractivity contribution in [3.63, 3.8) is 0 Å². The summed E-state index contributed by atoms with van der Waals surface area (Å²) in [4.78, 5) is 24.1. The molecule has 0 fully saturated rings. The number of carbonyl (C=O) groups is 2. The molecule has 6 nitrogen and oxygen atoms in total. The molecule has 0 saturated carbocycles. The zero-order valence-corrected chi connectivity index (χ0v) is 14.7. The molecule has 7 heteroatoms. The number of nitrogens with zero attached hydrogens (tertiary/aromatic N) is 2. The van der Waals surface area contributed by atoms with E-state index in [4.69, 9.17) is 4.74 Å². The quantitative estimate of drug-likeness (QED) is 0.680. The Morgan fingerprint density at radius 3 is 2.56 bits per heavy atom. The highest BCUT2D eigenvalue weighted by Crippen LogP contribution is 2.14. The summed E-state index contributed by atoms with van der Waals surface area (Å²) < 4.78 is 20.2. The highest BCUT2D eigenvalue weighted by Gasteiger charge is 2.17. The van der Waals surface area contributed by atoms with Crippen LogP contribution >= 0.6 is 0 Å². The Labute approximate surface area is 155 Å². The molecule has 0 aliphatic rings. The number of benzene rings is 2. The van der Waals surface area contributed by atoms with Crippen molar-refractivity contribution >= 4 is 11.9 Å². The summed E-state index contributed by atoms with van der Waals surface area (Å²) in [6.07, 6.45) is 1.40. The maximum atomic E-state index is 13.5.